The van der Waals surface area contributed by atoms with Crippen LogP contribution in [0, 0.1) is 5.92 Å². The Balaban J connectivity index is 1.31. The minimum atomic E-state index is 0.155. The smallest absolute Gasteiger partial charge is 0.263 e. The number of rotatable bonds is 5. The lowest BCUT2D eigenvalue weighted by Crippen LogP contribution is -2.38. The second-order valence-electron chi connectivity index (χ2n) is 7.10. The van der Waals surface area contributed by atoms with Gasteiger partial charge in [0.2, 0.25) is 0 Å². The highest BCUT2D eigenvalue weighted by Gasteiger charge is 2.24. The van der Waals surface area contributed by atoms with Crippen molar-refractivity contribution in [2.75, 3.05) is 13.1 Å². The largest absolute Gasteiger partial charge is 0.338 e. The molecule has 1 aliphatic rings. The molecule has 6 heteroatoms. The van der Waals surface area contributed by atoms with E-state index in [0.29, 0.717) is 17.5 Å². The summed E-state index contributed by atoms with van der Waals surface area (Å²) in [4.78, 5) is 15.6. The highest BCUT2D eigenvalue weighted by atomic mass is 35.5. The van der Waals surface area contributed by atoms with E-state index in [1.54, 1.807) is 17.1 Å². The average molecular weight is 400 g/mol. The standard InChI is InChI=1S/C21H22ClN3OS/c22-19-12-23-25(14-19)13-18-11-20(27-15-18)21(26)24-8-6-17(7-9-24)10-16-4-2-1-3-5-16/h1-5,11-12,14-15,17H,6-10,13H2. The molecule has 4 rings (SSSR count). The summed E-state index contributed by atoms with van der Waals surface area (Å²) in [6, 6.07) is 12.6. The molecule has 3 heterocycles. The first-order valence-electron chi connectivity index (χ1n) is 9.26. The Bertz CT molecular complexity index is 897. The highest BCUT2D eigenvalue weighted by molar-refractivity contribution is 7.12. The van der Waals surface area contributed by atoms with Gasteiger partial charge in [-0.1, -0.05) is 41.9 Å². The summed E-state index contributed by atoms with van der Waals surface area (Å²) in [5.74, 6) is 0.822. The molecule has 0 aliphatic carbocycles. The zero-order valence-corrected chi connectivity index (χ0v) is 16.6. The van der Waals surface area contributed by atoms with Gasteiger partial charge in [-0.05, 0) is 47.8 Å². The quantitative estimate of drug-likeness (QED) is 0.621. The third kappa shape index (κ3) is 4.60. The van der Waals surface area contributed by atoms with Crippen molar-refractivity contribution in [3.05, 3.63) is 75.2 Å². The predicted octanol–water partition coefficient (Wildman–Crippen LogP) is 4.74. The van der Waals surface area contributed by atoms with E-state index in [4.69, 9.17) is 11.6 Å². The van der Waals surface area contributed by atoms with Crippen LogP contribution in [0.3, 0.4) is 0 Å². The van der Waals surface area contributed by atoms with Crippen molar-refractivity contribution in [3.63, 3.8) is 0 Å². The SMILES string of the molecule is O=C(c1cc(Cn2cc(Cl)cn2)cs1)N1CCC(Cc2ccccc2)CC1. The molecule has 0 spiro atoms. The van der Waals surface area contributed by atoms with E-state index in [0.717, 1.165) is 42.8 Å². The minimum absolute atomic E-state index is 0.155. The molecule has 1 aromatic carbocycles. The predicted molar refractivity (Wildman–Crippen MR) is 109 cm³/mol. The van der Waals surface area contributed by atoms with Gasteiger partial charge in [-0.2, -0.15) is 5.10 Å². The van der Waals surface area contributed by atoms with Gasteiger partial charge in [0.1, 0.15) is 0 Å². The zero-order chi connectivity index (χ0) is 18.6. The summed E-state index contributed by atoms with van der Waals surface area (Å²) in [6.45, 7) is 2.33. The van der Waals surface area contributed by atoms with Crippen LogP contribution in [0.1, 0.15) is 33.6 Å². The lowest BCUT2D eigenvalue weighted by molar-refractivity contribution is 0.0695. The third-order valence-corrected chi connectivity index (χ3v) is 6.24. The van der Waals surface area contributed by atoms with Gasteiger partial charge in [0.25, 0.3) is 5.91 Å². The summed E-state index contributed by atoms with van der Waals surface area (Å²) in [7, 11) is 0. The monoisotopic (exact) mass is 399 g/mol. The van der Waals surface area contributed by atoms with Gasteiger partial charge in [-0.3, -0.25) is 9.48 Å². The van der Waals surface area contributed by atoms with Crippen LogP contribution < -0.4 is 0 Å². The van der Waals surface area contributed by atoms with E-state index in [-0.39, 0.29) is 5.91 Å². The number of hydrogen-bond acceptors (Lipinski definition) is 3. The molecule has 27 heavy (non-hydrogen) atoms. The lowest BCUT2D eigenvalue weighted by atomic mass is 9.90. The van der Waals surface area contributed by atoms with Crippen molar-refractivity contribution in [3.8, 4) is 0 Å². The van der Waals surface area contributed by atoms with Crippen molar-refractivity contribution >= 4 is 28.8 Å². The van der Waals surface area contributed by atoms with Gasteiger partial charge in [0, 0.05) is 19.3 Å². The maximum absolute atomic E-state index is 12.8. The number of benzene rings is 1. The maximum Gasteiger partial charge on any atom is 0.263 e. The fraction of sp³-hybridized carbons (Fsp3) is 0.333. The molecule has 0 radical (unpaired) electrons. The van der Waals surface area contributed by atoms with E-state index < -0.39 is 0 Å². The Morgan fingerprint density at radius 2 is 1.96 bits per heavy atom. The Morgan fingerprint density at radius 3 is 2.67 bits per heavy atom. The molecule has 1 amide bonds. The number of amides is 1. The molecule has 1 fully saturated rings. The number of hydrogen-bond donors (Lipinski definition) is 0. The Labute approximate surface area is 168 Å². The molecule has 0 atom stereocenters. The molecular formula is C21H22ClN3OS. The van der Waals surface area contributed by atoms with Gasteiger partial charge in [-0.15, -0.1) is 11.3 Å². The van der Waals surface area contributed by atoms with Crippen molar-refractivity contribution in [1.82, 2.24) is 14.7 Å². The lowest BCUT2D eigenvalue weighted by Gasteiger charge is -2.31. The van der Waals surface area contributed by atoms with Crippen LogP contribution in [0.25, 0.3) is 0 Å². The first-order valence-corrected chi connectivity index (χ1v) is 10.5. The second-order valence-corrected chi connectivity index (χ2v) is 8.45. The van der Waals surface area contributed by atoms with E-state index in [1.165, 1.54) is 16.9 Å². The van der Waals surface area contributed by atoms with Crippen LogP contribution in [0.15, 0.2) is 54.2 Å². The summed E-state index contributed by atoms with van der Waals surface area (Å²) in [5.41, 5.74) is 2.48. The van der Waals surface area contributed by atoms with Crippen LogP contribution >= 0.6 is 22.9 Å². The van der Waals surface area contributed by atoms with Crippen molar-refractivity contribution in [2.45, 2.75) is 25.8 Å². The van der Waals surface area contributed by atoms with Crippen LogP contribution in [-0.4, -0.2) is 33.7 Å². The molecule has 4 nitrogen and oxygen atoms in total. The van der Waals surface area contributed by atoms with Crippen LogP contribution in [-0.2, 0) is 13.0 Å². The Morgan fingerprint density at radius 1 is 1.19 bits per heavy atom. The maximum atomic E-state index is 12.8. The molecule has 1 saturated heterocycles. The number of carbonyl (C=O) groups excluding carboxylic acids is 1. The fourth-order valence-corrected chi connectivity index (χ4v) is 4.65. The molecule has 0 saturated carbocycles. The van der Waals surface area contributed by atoms with Gasteiger partial charge in [0.05, 0.1) is 22.6 Å². The van der Waals surface area contributed by atoms with Crippen molar-refractivity contribution < 1.29 is 4.79 Å². The van der Waals surface area contributed by atoms with Crippen molar-refractivity contribution in [2.24, 2.45) is 5.92 Å². The van der Waals surface area contributed by atoms with Gasteiger partial charge in [-0.25, -0.2) is 0 Å². The number of nitrogens with zero attached hydrogens (tertiary/aromatic N) is 3. The van der Waals surface area contributed by atoms with Crippen LogP contribution in [0.2, 0.25) is 5.02 Å². The number of thiophene rings is 1. The number of carbonyl (C=O) groups is 1. The average Bonchev–Trinajstić information content (AvgIpc) is 3.32. The number of likely N-dealkylation sites (tertiary alicyclic amines) is 1. The molecule has 1 aliphatic heterocycles. The first-order chi connectivity index (χ1) is 13.2. The Kier molecular flexibility index (Phi) is 5.60. The van der Waals surface area contributed by atoms with Crippen molar-refractivity contribution in [1.29, 1.82) is 0 Å². The summed E-state index contributed by atoms with van der Waals surface area (Å²) in [5, 5.41) is 6.85. The van der Waals surface area contributed by atoms with Gasteiger partial charge >= 0.3 is 0 Å². The molecule has 3 aromatic rings. The van der Waals surface area contributed by atoms with E-state index in [9.17, 15) is 4.79 Å². The number of piperidine rings is 1. The molecule has 140 valence electrons. The summed E-state index contributed by atoms with van der Waals surface area (Å²) >= 11 is 7.42. The molecule has 0 N–H and O–H groups in total. The molecular weight excluding hydrogens is 378 g/mol. The van der Waals surface area contributed by atoms with Gasteiger partial charge in [0.15, 0.2) is 0 Å². The Hall–Kier alpha value is -2.11. The topological polar surface area (TPSA) is 38.1 Å². The highest BCUT2D eigenvalue weighted by Crippen LogP contribution is 2.25. The van der Waals surface area contributed by atoms with E-state index in [2.05, 4.69) is 35.4 Å². The number of halogens is 1. The number of aromatic nitrogens is 2. The summed E-state index contributed by atoms with van der Waals surface area (Å²) < 4.78 is 1.79. The van der Waals surface area contributed by atoms with Crippen LogP contribution in [0.4, 0.5) is 0 Å². The normalized spacial score (nSPS) is 15.2. The second kappa shape index (κ2) is 8.28. The molecule has 2 aromatic heterocycles. The molecule has 0 bridgehead atoms. The van der Waals surface area contributed by atoms with E-state index in [1.807, 2.05) is 16.3 Å². The summed E-state index contributed by atoms with van der Waals surface area (Å²) in [6.07, 6.45) is 6.67. The fourth-order valence-electron chi connectivity index (χ4n) is 3.63. The first kappa shape index (κ1) is 18.3. The third-order valence-electron chi connectivity index (χ3n) is 5.08. The van der Waals surface area contributed by atoms with E-state index >= 15 is 0 Å². The molecule has 0 unspecified atom stereocenters. The van der Waals surface area contributed by atoms with Gasteiger partial charge < -0.3 is 4.90 Å². The minimum Gasteiger partial charge on any atom is -0.338 e. The zero-order valence-electron chi connectivity index (χ0n) is 15.1. The van der Waals surface area contributed by atoms with Crippen LogP contribution in [0.5, 0.6) is 0 Å².